The van der Waals surface area contributed by atoms with Gasteiger partial charge in [-0.3, -0.25) is 4.90 Å². The molecule has 4 nitrogen and oxygen atoms in total. The molecule has 3 rings (SSSR count). The number of rotatable bonds is 6. The highest BCUT2D eigenvalue weighted by molar-refractivity contribution is 7.89. The topological polar surface area (TPSA) is 49.4 Å². The highest BCUT2D eigenvalue weighted by atomic mass is 32.2. The van der Waals surface area contributed by atoms with E-state index in [0.29, 0.717) is 19.6 Å². The van der Waals surface area contributed by atoms with Crippen LogP contribution < -0.4 is 4.72 Å². The number of benzene rings is 2. The lowest BCUT2D eigenvalue weighted by Crippen LogP contribution is -2.40. The number of hydrogen-bond acceptors (Lipinski definition) is 3. The van der Waals surface area contributed by atoms with Gasteiger partial charge in [0.25, 0.3) is 0 Å². The van der Waals surface area contributed by atoms with Crippen LogP contribution in [0.15, 0.2) is 53.4 Å². The number of aryl methyl sites for hydroxylation is 1. The summed E-state index contributed by atoms with van der Waals surface area (Å²) in [4.78, 5) is 2.41. The van der Waals surface area contributed by atoms with E-state index in [2.05, 4.69) is 9.62 Å². The Balaban J connectivity index is 1.54. The van der Waals surface area contributed by atoms with Crippen LogP contribution in [0.2, 0.25) is 0 Å². The second kappa shape index (κ2) is 8.85. The fraction of sp³-hybridized carbons (Fsp3) is 0.429. The van der Waals surface area contributed by atoms with Gasteiger partial charge in [-0.1, -0.05) is 29.8 Å². The molecule has 2 aromatic rings. The lowest BCUT2D eigenvalue weighted by molar-refractivity contribution is -0.137. The monoisotopic (exact) mass is 426 g/mol. The fourth-order valence-electron chi connectivity index (χ4n) is 3.55. The minimum atomic E-state index is -4.33. The molecule has 1 aliphatic heterocycles. The highest BCUT2D eigenvalue weighted by Gasteiger charge is 2.30. The van der Waals surface area contributed by atoms with E-state index in [1.165, 1.54) is 12.1 Å². The van der Waals surface area contributed by atoms with E-state index in [9.17, 15) is 21.6 Å². The molecule has 29 heavy (non-hydrogen) atoms. The van der Waals surface area contributed by atoms with Gasteiger partial charge >= 0.3 is 6.18 Å². The smallest absolute Gasteiger partial charge is 0.299 e. The number of halogens is 3. The molecule has 1 atom stereocenters. The van der Waals surface area contributed by atoms with Crippen molar-refractivity contribution in [2.75, 3.05) is 19.6 Å². The highest BCUT2D eigenvalue weighted by Crippen LogP contribution is 2.29. The SMILES string of the molecule is Cc1ccc(S(=O)(=O)NCC2CCCN(Cc3ccc(C(F)(F)F)cc3)C2)cc1. The van der Waals surface area contributed by atoms with Crippen molar-refractivity contribution >= 4 is 10.0 Å². The Kier molecular flexibility index (Phi) is 6.65. The van der Waals surface area contributed by atoms with E-state index >= 15 is 0 Å². The molecule has 2 aromatic carbocycles. The van der Waals surface area contributed by atoms with Crippen LogP contribution in [0.3, 0.4) is 0 Å². The molecule has 158 valence electrons. The third-order valence-electron chi connectivity index (χ3n) is 5.18. The first-order chi connectivity index (χ1) is 13.6. The molecule has 0 radical (unpaired) electrons. The van der Waals surface area contributed by atoms with Gasteiger partial charge < -0.3 is 0 Å². The number of alkyl halides is 3. The van der Waals surface area contributed by atoms with Gasteiger partial charge in [0.05, 0.1) is 10.5 Å². The summed E-state index contributed by atoms with van der Waals surface area (Å²) < 4.78 is 65.7. The molecule has 1 unspecified atom stereocenters. The molecule has 0 amide bonds. The van der Waals surface area contributed by atoms with E-state index < -0.39 is 21.8 Å². The Labute approximate surface area is 169 Å². The van der Waals surface area contributed by atoms with Crippen molar-refractivity contribution in [3.63, 3.8) is 0 Å². The Bertz CT molecular complexity index is 910. The maximum absolute atomic E-state index is 12.7. The third-order valence-corrected chi connectivity index (χ3v) is 6.62. The molecule has 1 fully saturated rings. The summed E-state index contributed by atoms with van der Waals surface area (Å²) in [6.07, 6.45) is -2.49. The molecule has 1 aliphatic rings. The van der Waals surface area contributed by atoms with Crippen LogP contribution in [0.1, 0.15) is 29.5 Å². The van der Waals surface area contributed by atoms with Gasteiger partial charge in [0, 0.05) is 19.6 Å². The van der Waals surface area contributed by atoms with Crippen LogP contribution in [0.25, 0.3) is 0 Å². The van der Waals surface area contributed by atoms with Crippen molar-refractivity contribution in [2.45, 2.75) is 37.4 Å². The number of likely N-dealkylation sites (tertiary alicyclic amines) is 1. The molecule has 1 saturated heterocycles. The average Bonchev–Trinajstić information content (AvgIpc) is 2.67. The first-order valence-corrected chi connectivity index (χ1v) is 11.1. The Hall–Kier alpha value is -1.90. The van der Waals surface area contributed by atoms with Gasteiger partial charge in [0.1, 0.15) is 0 Å². The summed E-state index contributed by atoms with van der Waals surface area (Å²) in [6, 6.07) is 11.9. The van der Waals surface area contributed by atoms with Crippen LogP contribution in [-0.4, -0.2) is 33.0 Å². The van der Waals surface area contributed by atoms with Crippen molar-refractivity contribution in [3.8, 4) is 0 Å². The number of piperidine rings is 1. The van der Waals surface area contributed by atoms with Crippen molar-refractivity contribution in [1.29, 1.82) is 0 Å². The van der Waals surface area contributed by atoms with Gasteiger partial charge in [-0.05, 0) is 62.1 Å². The number of nitrogens with zero attached hydrogens (tertiary/aromatic N) is 1. The molecule has 0 spiro atoms. The molecule has 1 N–H and O–H groups in total. The van der Waals surface area contributed by atoms with Crippen LogP contribution in [0.4, 0.5) is 13.2 Å². The minimum absolute atomic E-state index is 0.165. The van der Waals surface area contributed by atoms with Gasteiger partial charge in [-0.15, -0.1) is 0 Å². The van der Waals surface area contributed by atoms with Crippen LogP contribution >= 0.6 is 0 Å². The third kappa shape index (κ3) is 6.04. The summed E-state index contributed by atoms with van der Waals surface area (Å²) in [5, 5.41) is 0. The first kappa shape index (κ1) is 21.8. The van der Waals surface area contributed by atoms with E-state index in [-0.39, 0.29) is 10.8 Å². The predicted octanol–water partition coefficient (Wildman–Crippen LogP) is 4.20. The Morgan fingerprint density at radius 2 is 1.72 bits per heavy atom. The van der Waals surface area contributed by atoms with E-state index in [1.54, 1.807) is 24.3 Å². The van der Waals surface area contributed by atoms with Crippen molar-refractivity contribution in [3.05, 3.63) is 65.2 Å². The zero-order chi connectivity index (χ0) is 21.1. The largest absolute Gasteiger partial charge is 0.416 e. The number of hydrogen-bond donors (Lipinski definition) is 1. The van der Waals surface area contributed by atoms with Gasteiger partial charge in [-0.2, -0.15) is 13.2 Å². The summed E-state index contributed by atoms with van der Waals surface area (Å²) in [5.74, 6) is 0.165. The average molecular weight is 427 g/mol. The van der Waals surface area contributed by atoms with E-state index in [4.69, 9.17) is 0 Å². The van der Waals surface area contributed by atoms with Crippen molar-refractivity contribution in [1.82, 2.24) is 9.62 Å². The first-order valence-electron chi connectivity index (χ1n) is 9.58. The zero-order valence-corrected chi connectivity index (χ0v) is 17.1. The number of nitrogens with one attached hydrogen (secondary N) is 1. The molecule has 8 heteroatoms. The molecular weight excluding hydrogens is 401 g/mol. The Morgan fingerprint density at radius 1 is 1.07 bits per heavy atom. The quantitative estimate of drug-likeness (QED) is 0.753. The summed E-state index contributed by atoms with van der Waals surface area (Å²) in [5.41, 5.74) is 1.16. The second-order valence-electron chi connectivity index (χ2n) is 7.60. The lowest BCUT2D eigenvalue weighted by atomic mass is 9.98. The summed E-state index contributed by atoms with van der Waals surface area (Å²) >= 11 is 0. The maximum atomic E-state index is 12.7. The predicted molar refractivity (Wildman–Crippen MR) is 106 cm³/mol. The fourth-order valence-corrected chi connectivity index (χ4v) is 4.66. The van der Waals surface area contributed by atoms with E-state index in [0.717, 1.165) is 42.6 Å². The van der Waals surface area contributed by atoms with Crippen LogP contribution in [0, 0.1) is 12.8 Å². The molecule has 1 heterocycles. The van der Waals surface area contributed by atoms with E-state index in [1.807, 2.05) is 6.92 Å². The standard InChI is InChI=1S/C21H25F3N2O2S/c1-16-4-10-20(11-5-16)29(27,28)25-13-18-3-2-12-26(15-18)14-17-6-8-19(9-7-17)21(22,23)24/h4-11,18,25H,2-3,12-15H2,1H3. The van der Waals surface area contributed by atoms with Gasteiger partial charge in [0.2, 0.25) is 10.0 Å². The lowest BCUT2D eigenvalue weighted by Gasteiger charge is -2.32. The molecular formula is C21H25F3N2O2S. The maximum Gasteiger partial charge on any atom is 0.416 e. The second-order valence-corrected chi connectivity index (χ2v) is 9.37. The Morgan fingerprint density at radius 3 is 2.34 bits per heavy atom. The van der Waals surface area contributed by atoms with Crippen LogP contribution in [0.5, 0.6) is 0 Å². The molecule has 0 aromatic heterocycles. The normalized spacial score (nSPS) is 18.7. The van der Waals surface area contributed by atoms with Crippen LogP contribution in [-0.2, 0) is 22.7 Å². The zero-order valence-electron chi connectivity index (χ0n) is 16.2. The minimum Gasteiger partial charge on any atom is -0.299 e. The van der Waals surface area contributed by atoms with Gasteiger partial charge in [-0.25, -0.2) is 13.1 Å². The summed E-state index contributed by atoms with van der Waals surface area (Å²) in [6.45, 7) is 4.36. The molecule has 0 bridgehead atoms. The molecule has 0 saturated carbocycles. The molecule has 0 aliphatic carbocycles. The number of sulfonamides is 1. The van der Waals surface area contributed by atoms with Crippen molar-refractivity contribution in [2.24, 2.45) is 5.92 Å². The van der Waals surface area contributed by atoms with Crippen molar-refractivity contribution < 1.29 is 21.6 Å². The summed E-state index contributed by atoms with van der Waals surface area (Å²) in [7, 11) is -3.55. The van der Waals surface area contributed by atoms with Gasteiger partial charge in [0.15, 0.2) is 0 Å².